The van der Waals surface area contributed by atoms with E-state index in [0.717, 1.165) is 9.35 Å². The first kappa shape index (κ1) is 13.5. The maximum absolute atomic E-state index is 12.1. The highest BCUT2D eigenvalue weighted by Gasteiger charge is 2.42. The summed E-state index contributed by atoms with van der Waals surface area (Å²) in [6, 6.07) is 1.98. The fraction of sp³-hybridized carbons (Fsp3) is 0.500. The van der Waals surface area contributed by atoms with Crippen molar-refractivity contribution in [2.45, 2.75) is 19.4 Å². The highest BCUT2D eigenvalue weighted by molar-refractivity contribution is 9.11. The molecular formula is C12H14BrNO3S. The summed E-state index contributed by atoms with van der Waals surface area (Å²) in [5, 5.41) is 10.9. The molecule has 0 aliphatic heterocycles. The van der Waals surface area contributed by atoms with Crippen LogP contribution >= 0.6 is 27.3 Å². The first-order chi connectivity index (χ1) is 8.49. The van der Waals surface area contributed by atoms with Crippen molar-refractivity contribution >= 4 is 39.1 Å². The van der Waals surface area contributed by atoms with Gasteiger partial charge in [0.15, 0.2) is 0 Å². The summed E-state index contributed by atoms with van der Waals surface area (Å²) in [7, 11) is 1.73. The lowest BCUT2D eigenvalue weighted by Crippen LogP contribution is -2.44. The van der Waals surface area contributed by atoms with E-state index >= 15 is 0 Å². The standard InChI is InChI=1S/C12H14BrNO3S/c1-14(5-7-4-10(13)18-6-7)11(15)8-2-3-9(8)12(16)17/h4,6,8-9H,2-3,5H2,1H3,(H,16,17). The van der Waals surface area contributed by atoms with Crippen LogP contribution in [0, 0.1) is 11.8 Å². The average molecular weight is 332 g/mol. The number of amides is 1. The van der Waals surface area contributed by atoms with Crippen LogP contribution in [-0.4, -0.2) is 28.9 Å². The fourth-order valence-electron chi connectivity index (χ4n) is 2.15. The van der Waals surface area contributed by atoms with Crippen LogP contribution in [0.3, 0.4) is 0 Å². The van der Waals surface area contributed by atoms with Gasteiger partial charge in [0, 0.05) is 13.6 Å². The van der Waals surface area contributed by atoms with E-state index in [0.29, 0.717) is 19.4 Å². The Kier molecular flexibility index (Phi) is 4.07. The monoisotopic (exact) mass is 331 g/mol. The van der Waals surface area contributed by atoms with Gasteiger partial charge in [-0.2, -0.15) is 0 Å². The molecule has 1 aliphatic carbocycles. The number of carboxylic acid groups (broad SMARTS) is 1. The van der Waals surface area contributed by atoms with E-state index in [2.05, 4.69) is 15.9 Å². The lowest BCUT2D eigenvalue weighted by Gasteiger charge is -2.34. The Morgan fingerprint density at radius 3 is 2.61 bits per heavy atom. The lowest BCUT2D eigenvalue weighted by atomic mass is 9.73. The SMILES string of the molecule is CN(Cc1csc(Br)c1)C(=O)C1CCC1C(=O)O. The van der Waals surface area contributed by atoms with Gasteiger partial charge in [-0.05, 0) is 45.8 Å². The molecule has 1 aliphatic rings. The first-order valence-corrected chi connectivity index (χ1v) is 7.37. The molecular weight excluding hydrogens is 318 g/mol. The summed E-state index contributed by atoms with van der Waals surface area (Å²) in [6.45, 7) is 0.532. The Morgan fingerprint density at radius 1 is 1.50 bits per heavy atom. The van der Waals surface area contributed by atoms with E-state index in [1.165, 1.54) is 0 Å². The smallest absolute Gasteiger partial charge is 0.307 e. The second-order valence-electron chi connectivity index (χ2n) is 4.58. The molecule has 1 amide bonds. The van der Waals surface area contributed by atoms with Crippen molar-refractivity contribution in [1.29, 1.82) is 0 Å². The third-order valence-corrected chi connectivity index (χ3v) is 4.88. The van der Waals surface area contributed by atoms with Gasteiger partial charge in [0.2, 0.25) is 5.91 Å². The van der Waals surface area contributed by atoms with E-state index in [-0.39, 0.29) is 11.8 Å². The average Bonchev–Trinajstić information content (AvgIpc) is 2.61. The molecule has 0 saturated heterocycles. The highest BCUT2D eigenvalue weighted by Crippen LogP contribution is 2.36. The summed E-state index contributed by atoms with van der Waals surface area (Å²) in [6.07, 6.45) is 1.30. The molecule has 0 spiro atoms. The highest BCUT2D eigenvalue weighted by atomic mass is 79.9. The Hall–Kier alpha value is -0.880. The molecule has 0 radical (unpaired) electrons. The van der Waals surface area contributed by atoms with Crippen molar-refractivity contribution in [3.05, 3.63) is 20.8 Å². The normalized spacial score (nSPS) is 22.3. The maximum atomic E-state index is 12.1. The minimum absolute atomic E-state index is 0.0593. The third kappa shape index (κ3) is 2.75. The predicted octanol–water partition coefficient (Wildman–Crippen LogP) is 2.58. The number of rotatable bonds is 4. The Morgan fingerprint density at radius 2 is 2.17 bits per heavy atom. The second kappa shape index (κ2) is 5.40. The predicted molar refractivity (Wildman–Crippen MR) is 72.3 cm³/mol. The van der Waals surface area contributed by atoms with Gasteiger partial charge in [0.25, 0.3) is 0 Å². The van der Waals surface area contributed by atoms with Crippen molar-refractivity contribution < 1.29 is 14.7 Å². The molecule has 98 valence electrons. The molecule has 1 aromatic heterocycles. The van der Waals surface area contributed by atoms with Gasteiger partial charge in [-0.3, -0.25) is 9.59 Å². The van der Waals surface area contributed by atoms with Gasteiger partial charge in [-0.15, -0.1) is 11.3 Å². The van der Waals surface area contributed by atoms with Gasteiger partial charge < -0.3 is 10.0 Å². The number of hydrogen-bond donors (Lipinski definition) is 1. The molecule has 18 heavy (non-hydrogen) atoms. The largest absolute Gasteiger partial charge is 0.481 e. The van der Waals surface area contributed by atoms with Crippen molar-refractivity contribution in [2.24, 2.45) is 11.8 Å². The fourth-order valence-corrected chi connectivity index (χ4v) is 3.36. The summed E-state index contributed by atoms with van der Waals surface area (Å²) in [4.78, 5) is 24.6. The molecule has 4 nitrogen and oxygen atoms in total. The van der Waals surface area contributed by atoms with E-state index in [1.54, 1.807) is 23.3 Å². The first-order valence-electron chi connectivity index (χ1n) is 5.69. The number of thiophene rings is 1. The summed E-state index contributed by atoms with van der Waals surface area (Å²) in [5.41, 5.74) is 1.06. The van der Waals surface area contributed by atoms with E-state index in [9.17, 15) is 9.59 Å². The number of nitrogens with zero attached hydrogens (tertiary/aromatic N) is 1. The van der Waals surface area contributed by atoms with Crippen LogP contribution in [0.5, 0.6) is 0 Å². The number of carbonyl (C=O) groups excluding carboxylic acids is 1. The van der Waals surface area contributed by atoms with Gasteiger partial charge in [-0.1, -0.05) is 0 Å². The van der Waals surface area contributed by atoms with Gasteiger partial charge in [-0.25, -0.2) is 0 Å². The summed E-state index contributed by atoms with van der Waals surface area (Å²) in [5.74, 6) is -1.74. The summed E-state index contributed by atoms with van der Waals surface area (Å²) >= 11 is 4.96. The number of halogens is 1. The lowest BCUT2D eigenvalue weighted by molar-refractivity contribution is -0.156. The number of carbonyl (C=O) groups is 2. The molecule has 2 atom stereocenters. The van der Waals surface area contributed by atoms with Crippen molar-refractivity contribution in [3.8, 4) is 0 Å². The van der Waals surface area contributed by atoms with Crippen LogP contribution in [0.4, 0.5) is 0 Å². The maximum Gasteiger partial charge on any atom is 0.307 e. The van der Waals surface area contributed by atoms with Gasteiger partial charge in [0.05, 0.1) is 15.6 Å². The molecule has 0 bridgehead atoms. The summed E-state index contributed by atoms with van der Waals surface area (Å²) < 4.78 is 1.03. The third-order valence-electron chi connectivity index (χ3n) is 3.33. The van der Waals surface area contributed by atoms with E-state index < -0.39 is 11.9 Å². The van der Waals surface area contributed by atoms with E-state index in [4.69, 9.17) is 5.11 Å². The quantitative estimate of drug-likeness (QED) is 0.922. The molecule has 0 aromatic carbocycles. The Labute approximate surface area is 118 Å². The zero-order valence-electron chi connectivity index (χ0n) is 9.93. The number of hydrogen-bond acceptors (Lipinski definition) is 3. The van der Waals surface area contributed by atoms with E-state index in [1.807, 2.05) is 11.4 Å². The van der Waals surface area contributed by atoms with Crippen LogP contribution in [0.15, 0.2) is 15.2 Å². The van der Waals surface area contributed by atoms with Crippen LogP contribution in [0.1, 0.15) is 18.4 Å². The molecule has 2 unspecified atom stereocenters. The number of aliphatic carboxylic acids is 1. The van der Waals surface area contributed by atoms with Crippen LogP contribution in [-0.2, 0) is 16.1 Å². The second-order valence-corrected chi connectivity index (χ2v) is 6.87. The molecule has 6 heteroatoms. The molecule has 1 aromatic rings. The van der Waals surface area contributed by atoms with Gasteiger partial charge in [0.1, 0.15) is 0 Å². The Bertz CT molecular complexity index is 474. The minimum Gasteiger partial charge on any atom is -0.481 e. The number of carboxylic acids is 1. The zero-order valence-corrected chi connectivity index (χ0v) is 12.3. The van der Waals surface area contributed by atoms with Crippen LogP contribution in [0.2, 0.25) is 0 Å². The van der Waals surface area contributed by atoms with Crippen LogP contribution in [0.25, 0.3) is 0 Å². The Balaban J connectivity index is 1.95. The minimum atomic E-state index is -0.855. The van der Waals surface area contributed by atoms with Crippen LogP contribution < -0.4 is 0 Å². The van der Waals surface area contributed by atoms with Gasteiger partial charge >= 0.3 is 5.97 Å². The topological polar surface area (TPSA) is 57.6 Å². The van der Waals surface area contributed by atoms with Crippen molar-refractivity contribution in [1.82, 2.24) is 4.90 Å². The molecule has 1 heterocycles. The molecule has 1 N–H and O–H groups in total. The zero-order chi connectivity index (χ0) is 13.3. The molecule has 1 fully saturated rings. The van der Waals surface area contributed by atoms with Crippen molar-refractivity contribution in [2.75, 3.05) is 7.05 Å². The van der Waals surface area contributed by atoms with Crippen molar-refractivity contribution in [3.63, 3.8) is 0 Å². The molecule has 1 saturated carbocycles. The molecule has 2 rings (SSSR count).